The van der Waals surface area contributed by atoms with E-state index >= 15 is 0 Å². The molecule has 1 fully saturated rings. The predicted octanol–water partition coefficient (Wildman–Crippen LogP) is 0.768. The highest BCUT2D eigenvalue weighted by molar-refractivity contribution is 4.92. The number of imidazole rings is 1. The van der Waals surface area contributed by atoms with Crippen LogP contribution in [-0.2, 0) is 17.9 Å². The molecule has 1 aromatic heterocycles. The van der Waals surface area contributed by atoms with E-state index in [2.05, 4.69) is 4.98 Å². The molecule has 1 aromatic rings. The number of nitrogens with zero attached hydrogens (tertiary/aromatic N) is 2. The first kappa shape index (κ1) is 9.68. The molecule has 78 valence electrons. The van der Waals surface area contributed by atoms with Crippen molar-refractivity contribution in [3.05, 3.63) is 18.2 Å². The number of ether oxygens (including phenoxy) is 1. The van der Waals surface area contributed by atoms with E-state index in [-0.39, 0.29) is 0 Å². The van der Waals surface area contributed by atoms with Gasteiger partial charge in [0.15, 0.2) is 0 Å². The maximum absolute atomic E-state index is 5.57. The van der Waals surface area contributed by atoms with Crippen molar-refractivity contribution in [1.82, 2.24) is 9.55 Å². The van der Waals surface area contributed by atoms with Crippen LogP contribution in [0.2, 0.25) is 0 Å². The summed E-state index contributed by atoms with van der Waals surface area (Å²) in [4.78, 5) is 4.22. The van der Waals surface area contributed by atoms with Crippen LogP contribution in [0.1, 0.15) is 18.7 Å². The predicted molar refractivity (Wildman–Crippen MR) is 53.7 cm³/mol. The second-order valence-electron chi connectivity index (χ2n) is 3.80. The van der Waals surface area contributed by atoms with Gasteiger partial charge in [0, 0.05) is 18.8 Å². The summed E-state index contributed by atoms with van der Waals surface area (Å²) in [5, 5.41) is 0. The van der Waals surface area contributed by atoms with Gasteiger partial charge in [-0.3, -0.25) is 0 Å². The third kappa shape index (κ3) is 2.56. The van der Waals surface area contributed by atoms with Gasteiger partial charge in [0.25, 0.3) is 0 Å². The molecule has 2 N–H and O–H groups in total. The van der Waals surface area contributed by atoms with Crippen molar-refractivity contribution >= 4 is 0 Å². The second-order valence-corrected chi connectivity index (χ2v) is 3.80. The lowest BCUT2D eigenvalue weighted by Crippen LogP contribution is -2.12. The van der Waals surface area contributed by atoms with Gasteiger partial charge in [-0.25, -0.2) is 4.98 Å². The van der Waals surface area contributed by atoms with Crippen molar-refractivity contribution < 1.29 is 4.74 Å². The Labute approximate surface area is 84.1 Å². The molecule has 1 saturated carbocycles. The van der Waals surface area contributed by atoms with Crippen molar-refractivity contribution in [3.63, 3.8) is 0 Å². The Morgan fingerprint density at radius 2 is 2.43 bits per heavy atom. The number of nitrogens with two attached hydrogens (primary N) is 1. The van der Waals surface area contributed by atoms with Crippen LogP contribution in [0.3, 0.4) is 0 Å². The SMILES string of the molecule is NCCc1nccn1COCC1CC1. The molecule has 1 aliphatic rings. The van der Waals surface area contributed by atoms with Gasteiger partial charge in [0.2, 0.25) is 0 Å². The molecule has 0 unspecified atom stereocenters. The average molecular weight is 195 g/mol. The quantitative estimate of drug-likeness (QED) is 0.729. The van der Waals surface area contributed by atoms with Crippen LogP contribution >= 0.6 is 0 Å². The lowest BCUT2D eigenvalue weighted by Gasteiger charge is -2.07. The zero-order valence-electron chi connectivity index (χ0n) is 8.35. The van der Waals surface area contributed by atoms with Crippen LogP contribution < -0.4 is 5.73 Å². The molecule has 0 aromatic carbocycles. The molecule has 1 heterocycles. The number of hydrogen-bond acceptors (Lipinski definition) is 3. The molecule has 0 radical (unpaired) electrons. The fraction of sp³-hybridized carbons (Fsp3) is 0.700. The Hall–Kier alpha value is -0.870. The molecule has 14 heavy (non-hydrogen) atoms. The van der Waals surface area contributed by atoms with Crippen LogP contribution in [0.5, 0.6) is 0 Å². The highest BCUT2D eigenvalue weighted by Gasteiger charge is 2.21. The summed E-state index contributed by atoms with van der Waals surface area (Å²) in [6.07, 6.45) is 7.22. The molecule has 1 aliphatic carbocycles. The van der Waals surface area contributed by atoms with Gasteiger partial charge in [0.1, 0.15) is 12.6 Å². The van der Waals surface area contributed by atoms with Crippen molar-refractivity contribution in [1.29, 1.82) is 0 Å². The summed E-state index contributed by atoms with van der Waals surface area (Å²) in [6.45, 7) is 2.14. The molecule has 0 bridgehead atoms. The molecule has 0 amide bonds. The average Bonchev–Trinajstić information content (AvgIpc) is 2.89. The minimum absolute atomic E-state index is 0.617. The molecule has 0 saturated heterocycles. The Balaban J connectivity index is 1.78. The van der Waals surface area contributed by atoms with Crippen LogP contribution in [0.15, 0.2) is 12.4 Å². The van der Waals surface area contributed by atoms with E-state index in [9.17, 15) is 0 Å². The second kappa shape index (κ2) is 4.57. The minimum atomic E-state index is 0.617. The van der Waals surface area contributed by atoms with Gasteiger partial charge in [-0.05, 0) is 25.3 Å². The summed E-state index contributed by atoms with van der Waals surface area (Å²) in [5.41, 5.74) is 5.48. The van der Waals surface area contributed by atoms with E-state index in [4.69, 9.17) is 10.5 Å². The summed E-state index contributed by atoms with van der Waals surface area (Å²) >= 11 is 0. The van der Waals surface area contributed by atoms with Gasteiger partial charge in [-0.2, -0.15) is 0 Å². The zero-order valence-corrected chi connectivity index (χ0v) is 8.35. The number of rotatable bonds is 6. The van der Waals surface area contributed by atoms with E-state index in [1.165, 1.54) is 12.8 Å². The maximum atomic E-state index is 5.57. The minimum Gasteiger partial charge on any atom is -0.360 e. The molecular formula is C10H17N3O. The van der Waals surface area contributed by atoms with Gasteiger partial charge >= 0.3 is 0 Å². The van der Waals surface area contributed by atoms with Crippen LogP contribution in [0.25, 0.3) is 0 Å². The van der Waals surface area contributed by atoms with E-state index in [0.29, 0.717) is 13.3 Å². The van der Waals surface area contributed by atoms with Gasteiger partial charge in [-0.15, -0.1) is 0 Å². The first-order valence-corrected chi connectivity index (χ1v) is 5.18. The standard InChI is InChI=1S/C10H17N3O/c11-4-3-10-12-5-6-13(10)8-14-7-9-1-2-9/h5-6,9H,1-4,7-8,11H2. The Bertz CT molecular complexity index is 281. The smallest absolute Gasteiger partial charge is 0.124 e. The van der Waals surface area contributed by atoms with Crippen LogP contribution in [0.4, 0.5) is 0 Å². The molecule has 0 atom stereocenters. The van der Waals surface area contributed by atoms with Crippen molar-refractivity contribution in [3.8, 4) is 0 Å². The van der Waals surface area contributed by atoms with E-state index in [0.717, 1.165) is 24.8 Å². The highest BCUT2D eigenvalue weighted by atomic mass is 16.5. The monoisotopic (exact) mass is 195 g/mol. The maximum Gasteiger partial charge on any atom is 0.124 e. The molecular weight excluding hydrogens is 178 g/mol. The summed E-state index contributed by atoms with van der Waals surface area (Å²) < 4.78 is 7.59. The summed E-state index contributed by atoms with van der Waals surface area (Å²) in [5.74, 6) is 1.83. The number of hydrogen-bond donors (Lipinski definition) is 1. The lowest BCUT2D eigenvalue weighted by molar-refractivity contribution is 0.0672. The largest absolute Gasteiger partial charge is 0.360 e. The first-order valence-electron chi connectivity index (χ1n) is 5.18. The van der Waals surface area contributed by atoms with E-state index in [1.54, 1.807) is 6.20 Å². The van der Waals surface area contributed by atoms with E-state index in [1.807, 2.05) is 10.8 Å². The van der Waals surface area contributed by atoms with Crippen molar-refractivity contribution in [2.45, 2.75) is 26.0 Å². The molecule has 0 spiro atoms. The third-order valence-electron chi connectivity index (χ3n) is 2.45. The fourth-order valence-corrected chi connectivity index (χ4v) is 1.42. The zero-order chi connectivity index (χ0) is 9.80. The Morgan fingerprint density at radius 3 is 3.14 bits per heavy atom. The van der Waals surface area contributed by atoms with Crippen molar-refractivity contribution in [2.24, 2.45) is 11.7 Å². The summed E-state index contributed by atoms with van der Waals surface area (Å²) in [7, 11) is 0. The van der Waals surface area contributed by atoms with Gasteiger partial charge in [0.05, 0.1) is 6.61 Å². The van der Waals surface area contributed by atoms with Crippen LogP contribution in [0, 0.1) is 5.92 Å². The molecule has 4 heteroatoms. The lowest BCUT2D eigenvalue weighted by atomic mass is 10.4. The Kier molecular flexibility index (Phi) is 3.16. The van der Waals surface area contributed by atoms with Crippen LogP contribution in [-0.4, -0.2) is 22.7 Å². The number of aromatic nitrogens is 2. The fourth-order valence-electron chi connectivity index (χ4n) is 1.42. The first-order chi connectivity index (χ1) is 6.90. The highest BCUT2D eigenvalue weighted by Crippen LogP contribution is 2.28. The van der Waals surface area contributed by atoms with Gasteiger partial charge < -0.3 is 15.0 Å². The normalized spacial score (nSPS) is 16.1. The molecule has 2 rings (SSSR count). The van der Waals surface area contributed by atoms with E-state index < -0.39 is 0 Å². The van der Waals surface area contributed by atoms with Gasteiger partial charge in [-0.1, -0.05) is 0 Å². The molecule has 0 aliphatic heterocycles. The summed E-state index contributed by atoms with van der Waals surface area (Å²) in [6, 6.07) is 0. The third-order valence-corrected chi connectivity index (χ3v) is 2.45. The Morgan fingerprint density at radius 1 is 1.57 bits per heavy atom. The molecule has 4 nitrogen and oxygen atoms in total. The van der Waals surface area contributed by atoms with Crippen molar-refractivity contribution in [2.75, 3.05) is 13.2 Å². The topological polar surface area (TPSA) is 53.1 Å².